The first kappa shape index (κ1) is 20.5. The van der Waals surface area contributed by atoms with E-state index in [9.17, 15) is 14.4 Å². The number of methoxy groups -OCH3 is 1. The van der Waals surface area contributed by atoms with Gasteiger partial charge in [-0.05, 0) is 34.6 Å². The third kappa shape index (κ3) is 6.82. The summed E-state index contributed by atoms with van der Waals surface area (Å²) in [7, 11) is 1.23. The summed E-state index contributed by atoms with van der Waals surface area (Å²) in [5.74, 6) is -1.15. The van der Waals surface area contributed by atoms with Crippen LogP contribution in [0.1, 0.15) is 40.3 Å². The Hall–Kier alpha value is -2.58. The minimum Gasteiger partial charge on any atom is -0.467 e. The number of aromatic amines is 1. The highest BCUT2D eigenvalue weighted by Crippen LogP contribution is 2.10. The van der Waals surface area contributed by atoms with Crippen LogP contribution in [0.3, 0.4) is 0 Å². The fourth-order valence-corrected chi connectivity index (χ4v) is 1.91. The number of amides is 2. The Labute approximate surface area is 146 Å². The molecule has 2 amide bonds. The topological polar surface area (TPSA) is 122 Å². The Morgan fingerprint density at radius 2 is 1.88 bits per heavy atom. The lowest BCUT2D eigenvalue weighted by atomic mass is 10.0. The number of hydrogen-bond acceptors (Lipinski definition) is 6. The normalized spacial score (nSPS) is 12.9. The number of carbonyl (C=O) groups is 3. The zero-order valence-corrected chi connectivity index (χ0v) is 15.4. The van der Waals surface area contributed by atoms with E-state index in [-0.39, 0.29) is 6.42 Å². The Balaban J connectivity index is 2.76. The van der Waals surface area contributed by atoms with Crippen LogP contribution in [0.4, 0.5) is 4.79 Å². The Bertz CT molecular complexity index is 605. The summed E-state index contributed by atoms with van der Waals surface area (Å²) in [6.07, 6.45) is 2.47. The smallest absolute Gasteiger partial charge is 0.408 e. The molecule has 0 radical (unpaired) electrons. The van der Waals surface area contributed by atoms with Gasteiger partial charge in [0.2, 0.25) is 5.91 Å². The van der Waals surface area contributed by atoms with Crippen molar-refractivity contribution in [3.05, 3.63) is 18.2 Å². The summed E-state index contributed by atoms with van der Waals surface area (Å²) < 4.78 is 9.87. The molecule has 1 atom stereocenters. The molecule has 9 heteroatoms. The summed E-state index contributed by atoms with van der Waals surface area (Å²) in [5.41, 5.74) is -1.32. The number of imidazole rings is 1. The van der Waals surface area contributed by atoms with Gasteiger partial charge in [-0.15, -0.1) is 0 Å². The first-order valence-electron chi connectivity index (χ1n) is 7.82. The molecule has 0 saturated carbocycles. The molecule has 0 aliphatic carbocycles. The van der Waals surface area contributed by atoms with Crippen LogP contribution < -0.4 is 10.6 Å². The molecule has 140 valence electrons. The minimum absolute atomic E-state index is 0.181. The van der Waals surface area contributed by atoms with Crippen molar-refractivity contribution in [1.29, 1.82) is 0 Å². The molecule has 0 aliphatic rings. The second-order valence-corrected chi connectivity index (χ2v) is 7.08. The molecule has 0 spiro atoms. The van der Waals surface area contributed by atoms with Crippen LogP contribution in [0.5, 0.6) is 0 Å². The van der Waals surface area contributed by atoms with Gasteiger partial charge in [0, 0.05) is 18.3 Å². The zero-order valence-electron chi connectivity index (χ0n) is 15.4. The number of nitrogens with zero attached hydrogens (tertiary/aromatic N) is 1. The van der Waals surface area contributed by atoms with Gasteiger partial charge in [-0.25, -0.2) is 14.6 Å². The molecule has 0 fully saturated rings. The van der Waals surface area contributed by atoms with Crippen LogP contribution in [-0.2, 0) is 25.5 Å². The highest BCUT2D eigenvalue weighted by molar-refractivity contribution is 5.92. The zero-order chi connectivity index (χ0) is 19.3. The quantitative estimate of drug-likeness (QED) is 0.653. The Morgan fingerprint density at radius 1 is 1.24 bits per heavy atom. The second kappa shape index (κ2) is 8.00. The van der Waals surface area contributed by atoms with Crippen LogP contribution in [0.2, 0.25) is 0 Å². The van der Waals surface area contributed by atoms with Crippen molar-refractivity contribution in [3.63, 3.8) is 0 Å². The Kier molecular flexibility index (Phi) is 6.55. The van der Waals surface area contributed by atoms with Crippen molar-refractivity contribution in [3.8, 4) is 0 Å². The number of H-pyrrole nitrogens is 1. The first-order valence-corrected chi connectivity index (χ1v) is 7.82. The molecule has 0 aliphatic heterocycles. The largest absolute Gasteiger partial charge is 0.467 e. The number of carbonyl (C=O) groups excluding carboxylic acids is 3. The summed E-state index contributed by atoms with van der Waals surface area (Å²) >= 11 is 0. The molecule has 0 bridgehead atoms. The predicted molar refractivity (Wildman–Crippen MR) is 89.7 cm³/mol. The minimum atomic E-state index is -1.29. The number of esters is 1. The highest BCUT2D eigenvalue weighted by Gasteiger charge is 2.34. The molecule has 0 saturated heterocycles. The molecule has 25 heavy (non-hydrogen) atoms. The van der Waals surface area contributed by atoms with Gasteiger partial charge in [0.1, 0.15) is 17.2 Å². The average molecular weight is 354 g/mol. The third-order valence-corrected chi connectivity index (χ3v) is 3.15. The van der Waals surface area contributed by atoms with Crippen molar-refractivity contribution in [2.24, 2.45) is 0 Å². The van der Waals surface area contributed by atoms with Crippen LogP contribution in [0.25, 0.3) is 0 Å². The van der Waals surface area contributed by atoms with Crippen LogP contribution in [-0.4, -0.2) is 52.2 Å². The van der Waals surface area contributed by atoms with Crippen molar-refractivity contribution in [2.45, 2.75) is 58.2 Å². The standard InChI is InChI=1S/C16H26N4O5/c1-15(2,3)25-14(23)20-16(4,5)13(22)19-11(12(21)24-6)7-10-8-17-9-18-10/h8-9,11H,7H2,1-6H3,(H,17,18)(H,19,22)(H,20,23)/t11-/m0/s1. The van der Waals surface area contributed by atoms with E-state index in [0.29, 0.717) is 5.69 Å². The van der Waals surface area contributed by atoms with Crippen LogP contribution in [0, 0.1) is 0 Å². The van der Waals surface area contributed by atoms with E-state index in [1.807, 2.05) is 0 Å². The molecular formula is C16H26N4O5. The van der Waals surface area contributed by atoms with Gasteiger partial charge in [0.15, 0.2) is 0 Å². The van der Waals surface area contributed by atoms with Crippen LogP contribution in [0.15, 0.2) is 12.5 Å². The molecule has 1 aromatic rings. The number of aromatic nitrogens is 2. The molecule has 0 unspecified atom stereocenters. The summed E-state index contributed by atoms with van der Waals surface area (Å²) in [5, 5.41) is 5.07. The van der Waals surface area contributed by atoms with E-state index in [4.69, 9.17) is 9.47 Å². The van der Waals surface area contributed by atoms with Gasteiger partial charge in [-0.3, -0.25) is 4.79 Å². The average Bonchev–Trinajstić information content (AvgIpc) is 2.95. The highest BCUT2D eigenvalue weighted by atomic mass is 16.6. The molecule has 1 rings (SSSR count). The summed E-state index contributed by atoms with van der Waals surface area (Å²) in [6.45, 7) is 8.18. The predicted octanol–water partition coefficient (Wildman–Crippen LogP) is 0.913. The lowest BCUT2D eigenvalue weighted by molar-refractivity contribution is -0.145. The number of ether oxygens (including phenoxy) is 2. The molecule has 9 nitrogen and oxygen atoms in total. The monoisotopic (exact) mass is 354 g/mol. The fourth-order valence-electron chi connectivity index (χ4n) is 1.91. The molecule has 1 heterocycles. The Morgan fingerprint density at radius 3 is 2.36 bits per heavy atom. The van der Waals surface area contributed by atoms with E-state index in [1.165, 1.54) is 27.3 Å². The lowest BCUT2D eigenvalue weighted by Gasteiger charge is -2.29. The number of rotatable bonds is 6. The fraction of sp³-hybridized carbons (Fsp3) is 0.625. The van der Waals surface area contributed by atoms with Gasteiger partial charge < -0.3 is 25.1 Å². The molecule has 3 N–H and O–H groups in total. The second-order valence-electron chi connectivity index (χ2n) is 7.08. The van der Waals surface area contributed by atoms with E-state index in [2.05, 4.69) is 20.6 Å². The van der Waals surface area contributed by atoms with E-state index in [0.717, 1.165) is 0 Å². The van der Waals surface area contributed by atoms with E-state index >= 15 is 0 Å². The maximum Gasteiger partial charge on any atom is 0.408 e. The van der Waals surface area contributed by atoms with Gasteiger partial charge in [0.25, 0.3) is 0 Å². The van der Waals surface area contributed by atoms with Crippen LogP contribution >= 0.6 is 0 Å². The molecular weight excluding hydrogens is 328 g/mol. The SMILES string of the molecule is COC(=O)[C@H](Cc1cnc[nH]1)NC(=O)C(C)(C)NC(=O)OC(C)(C)C. The summed E-state index contributed by atoms with van der Waals surface area (Å²) in [4.78, 5) is 43.1. The third-order valence-electron chi connectivity index (χ3n) is 3.15. The van der Waals surface area contributed by atoms with Gasteiger partial charge in [-0.1, -0.05) is 0 Å². The van der Waals surface area contributed by atoms with Crippen molar-refractivity contribution in [2.75, 3.05) is 7.11 Å². The lowest BCUT2D eigenvalue weighted by Crippen LogP contribution is -2.58. The van der Waals surface area contributed by atoms with E-state index < -0.39 is 35.2 Å². The van der Waals surface area contributed by atoms with Gasteiger partial charge in [0.05, 0.1) is 13.4 Å². The molecule has 1 aromatic heterocycles. The van der Waals surface area contributed by atoms with E-state index in [1.54, 1.807) is 27.0 Å². The summed E-state index contributed by atoms with van der Waals surface area (Å²) in [6, 6.07) is -0.919. The first-order chi connectivity index (χ1) is 11.4. The van der Waals surface area contributed by atoms with Crippen molar-refractivity contribution in [1.82, 2.24) is 20.6 Å². The number of alkyl carbamates (subject to hydrolysis) is 1. The molecule has 0 aromatic carbocycles. The maximum atomic E-state index is 12.5. The van der Waals surface area contributed by atoms with Crippen molar-refractivity contribution >= 4 is 18.0 Å². The van der Waals surface area contributed by atoms with Crippen molar-refractivity contribution < 1.29 is 23.9 Å². The number of hydrogen-bond donors (Lipinski definition) is 3. The maximum absolute atomic E-state index is 12.5. The van der Waals surface area contributed by atoms with Gasteiger partial charge >= 0.3 is 12.1 Å². The van der Waals surface area contributed by atoms with Gasteiger partial charge in [-0.2, -0.15) is 0 Å². The number of nitrogens with one attached hydrogen (secondary N) is 3.